The lowest BCUT2D eigenvalue weighted by Crippen LogP contribution is -2.43. The van der Waals surface area contributed by atoms with Gasteiger partial charge in [0.1, 0.15) is 11.6 Å². The molecule has 1 N–H and O–H groups in total. The zero-order valence-corrected chi connectivity index (χ0v) is 16.2. The van der Waals surface area contributed by atoms with Crippen molar-refractivity contribution < 1.29 is 9.53 Å². The number of rotatable bonds is 7. The fraction of sp³-hybridized carbons (Fsp3) is 0.526. The summed E-state index contributed by atoms with van der Waals surface area (Å²) >= 11 is 1.42. The molecule has 3 rings (SSSR count). The normalized spacial score (nSPS) is 17.2. The maximum Gasteiger partial charge on any atom is 0.224 e. The lowest BCUT2D eigenvalue weighted by molar-refractivity contribution is -0.125. The highest BCUT2D eigenvalue weighted by molar-refractivity contribution is 7.09. The molecule has 0 bridgehead atoms. The van der Waals surface area contributed by atoms with E-state index in [0.717, 1.165) is 61.2 Å². The summed E-state index contributed by atoms with van der Waals surface area (Å²) in [7, 11) is 1.67. The molecule has 1 unspecified atom stereocenters. The van der Waals surface area contributed by atoms with Gasteiger partial charge in [0.25, 0.3) is 0 Å². The first-order valence-electron chi connectivity index (χ1n) is 9.17. The van der Waals surface area contributed by atoms with Gasteiger partial charge >= 0.3 is 0 Å². The van der Waals surface area contributed by atoms with Gasteiger partial charge in [-0.3, -0.25) is 4.79 Å². The Morgan fingerprint density at radius 2 is 2.35 bits per heavy atom. The van der Waals surface area contributed by atoms with E-state index in [0.29, 0.717) is 6.42 Å². The molecule has 1 aromatic heterocycles. The molecule has 7 heteroatoms. The van der Waals surface area contributed by atoms with Crippen molar-refractivity contribution in [1.29, 1.82) is 0 Å². The van der Waals surface area contributed by atoms with Gasteiger partial charge in [0.05, 0.1) is 13.0 Å². The van der Waals surface area contributed by atoms with Gasteiger partial charge < -0.3 is 15.0 Å². The predicted octanol–water partition coefficient (Wildman–Crippen LogP) is 2.88. The van der Waals surface area contributed by atoms with E-state index in [1.54, 1.807) is 7.11 Å². The van der Waals surface area contributed by atoms with Gasteiger partial charge in [0, 0.05) is 37.6 Å². The molecule has 6 nitrogen and oxygen atoms in total. The molecule has 26 heavy (non-hydrogen) atoms. The van der Waals surface area contributed by atoms with Crippen LogP contribution in [0.1, 0.15) is 37.6 Å². The number of carbonyl (C=O) groups is 1. The highest BCUT2D eigenvalue weighted by Crippen LogP contribution is 2.26. The second kappa shape index (κ2) is 8.98. The van der Waals surface area contributed by atoms with Crippen LogP contribution in [0.4, 0.5) is 5.13 Å². The molecule has 1 amide bonds. The van der Waals surface area contributed by atoms with E-state index in [1.165, 1.54) is 11.5 Å². The Morgan fingerprint density at radius 3 is 3.15 bits per heavy atom. The van der Waals surface area contributed by atoms with Crippen LogP contribution in [0, 0.1) is 5.92 Å². The minimum atomic E-state index is 0.0426. The summed E-state index contributed by atoms with van der Waals surface area (Å²) in [4.78, 5) is 19.2. The van der Waals surface area contributed by atoms with Crippen LogP contribution >= 0.6 is 11.5 Å². The van der Waals surface area contributed by atoms with Gasteiger partial charge in [-0.1, -0.05) is 19.1 Å². The zero-order valence-electron chi connectivity index (χ0n) is 15.4. The molecular formula is C19H26N4O2S. The molecule has 1 aliphatic heterocycles. The second-order valence-electron chi connectivity index (χ2n) is 6.60. The molecule has 140 valence electrons. The van der Waals surface area contributed by atoms with Crippen molar-refractivity contribution in [2.24, 2.45) is 5.92 Å². The van der Waals surface area contributed by atoms with Crippen molar-refractivity contribution >= 4 is 22.6 Å². The number of carbonyl (C=O) groups excluding carboxylic acids is 1. The van der Waals surface area contributed by atoms with Crippen molar-refractivity contribution in [3.8, 4) is 5.75 Å². The van der Waals surface area contributed by atoms with Crippen molar-refractivity contribution in [2.75, 3.05) is 31.6 Å². The Labute approximate surface area is 158 Å². The third kappa shape index (κ3) is 4.72. The van der Waals surface area contributed by atoms with E-state index in [1.807, 2.05) is 18.2 Å². The maximum absolute atomic E-state index is 12.3. The van der Waals surface area contributed by atoms with Crippen LogP contribution in [0.2, 0.25) is 0 Å². The number of hydrogen-bond acceptors (Lipinski definition) is 6. The number of nitrogens with zero attached hydrogens (tertiary/aromatic N) is 3. The van der Waals surface area contributed by atoms with Crippen LogP contribution < -0.4 is 15.0 Å². The van der Waals surface area contributed by atoms with E-state index < -0.39 is 0 Å². The van der Waals surface area contributed by atoms with Crippen LogP contribution in [-0.4, -0.2) is 42.0 Å². The fourth-order valence-corrected chi connectivity index (χ4v) is 3.89. The minimum absolute atomic E-state index is 0.0426. The van der Waals surface area contributed by atoms with Crippen molar-refractivity contribution in [2.45, 2.75) is 32.6 Å². The topological polar surface area (TPSA) is 67.4 Å². The summed E-state index contributed by atoms with van der Waals surface area (Å²) in [5.74, 6) is 1.87. The summed E-state index contributed by atoms with van der Waals surface area (Å²) in [5, 5.41) is 3.93. The summed E-state index contributed by atoms with van der Waals surface area (Å²) in [6.07, 6.45) is 3.60. The monoisotopic (exact) mass is 374 g/mol. The number of methoxy groups -OCH3 is 1. The smallest absolute Gasteiger partial charge is 0.224 e. The van der Waals surface area contributed by atoms with Gasteiger partial charge in [0.2, 0.25) is 11.0 Å². The van der Waals surface area contributed by atoms with Crippen LogP contribution in [-0.2, 0) is 11.2 Å². The first kappa shape index (κ1) is 18.6. The molecule has 0 aliphatic carbocycles. The number of anilines is 1. The molecule has 0 saturated carbocycles. The van der Waals surface area contributed by atoms with Crippen LogP contribution in [0.5, 0.6) is 5.75 Å². The maximum atomic E-state index is 12.3. The average molecular weight is 375 g/mol. The Bertz CT molecular complexity index is 734. The standard InChI is InChI=1S/C19H26N4O2S/c1-3-9-20-18(24)15-7-5-10-23(13-15)19-21-17(22-26-19)12-14-6-4-8-16(11-14)25-2/h4,6,8,11,15H,3,5,7,9-10,12-13H2,1-2H3,(H,20,24). The number of benzene rings is 1. The van der Waals surface area contributed by atoms with E-state index in [-0.39, 0.29) is 11.8 Å². The molecule has 0 radical (unpaired) electrons. The van der Waals surface area contributed by atoms with Crippen molar-refractivity contribution in [3.05, 3.63) is 35.7 Å². The molecule has 1 aromatic carbocycles. The number of piperidine rings is 1. The minimum Gasteiger partial charge on any atom is -0.497 e. The largest absolute Gasteiger partial charge is 0.497 e. The van der Waals surface area contributed by atoms with E-state index in [2.05, 4.69) is 27.6 Å². The van der Waals surface area contributed by atoms with Gasteiger partial charge in [0.15, 0.2) is 0 Å². The van der Waals surface area contributed by atoms with Gasteiger partial charge in [-0.25, -0.2) is 4.98 Å². The molecule has 2 aromatic rings. The second-order valence-corrected chi connectivity index (χ2v) is 7.33. The van der Waals surface area contributed by atoms with Crippen molar-refractivity contribution in [3.63, 3.8) is 0 Å². The highest BCUT2D eigenvalue weighted by Gasteiger charge is 2.27. The van der Waals surface area contributed by atoms with E-state index >= 15 is 0 Å². The fourth-order valence-electron chi connectivity index (χ4n) is 3.17. The first-order chi connectivity index (χ1) is 12.7. The molecule has 1 aliphatic rings. The third-order valence-corrected chi connectivity index (χ3v) is 5.38. The SMILES string of the molecule is CCCNC(=O)C1CCCN(c2nc(Cc3cccc(OC)c3)ns2)C1. The van der Waals surface area contributed by atoms with Crippen LogP contribution in [0.25, 0.3) is 0 Å². The summed E-state index contributed by atoms with van der Waals surface area (Å²) < 4.78 is 9.78. The number of amides is 1. The summed E-state index contributed by atoms with van der Waals surface area (Å²) in [6, 6.07) is 7.97. The van der Waals surface area contributed by atoms with Crippen LogP contribution in [0.15, 0.2) is 24.3 Å². The predicted molar refractivity (Wildman–Crippen MR) is 104 cm³/mol. The Hall–Kier alpha value is -2.15. The zero-order chi connectivity index (χ0) is 18.4. The quantitative estimate of drug-likeness (QED) is 0.807. The lowest BCUT2D eigenvalue weighted by Gasteiger charge is -2.31. The Morgan fingerprint density at radius 1 is 1.46 bits per heavy atom. The molecule has 2 heterocycles. The van der Waals surface area contributed by atoms with E-state index in [9.17, 15) is 4.79 Å². The highest BCUT2D eigenvalue weighted by atomic mass is 32.1. The third-order valence-electron chi connectivity index (χ3n) is 4.57. The lowest BCUT2D eigenvalue weighted by atomic mass is 9.97. The number of aromatic nitrogens is 2. The number of nitrogens with one attached hydrogen (secondary N) is 1. The van der Waals surface area contributed by atoms with Crippen LogP contribution in [0.3, 0.4) is 0 Å². The first-order valence-corrected chi connectivity index (χ1v) is 9.95. The number of hydrogen-bond donors (Lipinski definition) is 1. The average Bonchev–Trinajstić information content (AvgIpc) is 3.15. The molecule has 0 spiro atoms. The summed E-state index contributed by atoms with van der Waals surface area (Å²) in [6.45, 7) is 4.48. The summed E-state index contributed by atoms with van der Waals surface area (Å²) in [5.41, 5.74) is 1.13. The molecule has 1 fully saturated rings. The number of ether oxygens (including phenoxy) is 1. The van der Waals surface area contributed by atoms with Gasteiger partial charge in [-0.05, 0) is 37.0 Å². The van der Waals surface area contributed by atoms with Gasteiger partial charge in [-0.15, -0.1) is 0 Å². The van der Waals surface area contributed by atoms with E-state index in [4.69, 9.17) is 9.72 Å². The molecule has 1 saturated heterocycles. The van der Waals surface area contributed by atoms with Gasteiger partial charge in [-0.2, -0.15) is 4.37 Å². The molecular weight excluding hydrogens is 348 g/mol. The molecule has 1 atom stereocenters. The Kier molecular flexibility index (Phi) is 6.44. The Balaban J connectivity index is 1.62. The van der Waals surface area contributed by atoms with Crippen molar-refractivity contribution in [1.82, 2.24) is 14.7 Å².